The van der Waals surface area contributed by atoms with Crippen LogP contribution in [-0.2, 0) is 6.42 Å². The molecule has 2 aliphatic rings. The van der Waals surface area contributed by atoms with E-state index in [1.807, 2.05) is 54.8 Å². The molecule has 0 radical (unpaired) electrons. The predicted molar refractivity (Wildman–Crippen MR) is 125 cm³/mol. The lowest BCUT2D eigenvalue weighted by molar-refractivity contribution is 0.0953. The van der Waals surface area contributed by atoms with Gasteiger partial charge in [0, 0.05) is 45.6 Å². The van der Waals surface area contributed by atoms with Gasteiger partial charge in [0.1, 0.15) is 5.56 Å². The van der Waals surface area contributed by atoms with Gasteiger partial charge in [-0.2, -0.15) is 0 Å². The number of halogens is 1. The maximum Gasteiger partial charge on any atom is 0.257 e. The molecule has 0 saturated carbocycles. The van der Waals surface area contributed by atoms with Crippen molar-refractivity contribution in [1.29, 1.82) is 0 Å². The second-order valence-corrected chi connectivity index (χ2v) is 9.38. The molecule has 1 N–H and O–H groups in total. The monoisotopic (exact) mass is 468 g/mol. The summed E-state index contributed by atoms with van der Waals surface area (Å²) in [5.41, 5.74) is 3.30. The van der Waals surface area contributed by atoms with Gasteiger partial charge in [0.2, 0.25) is 6.79 Å². The number of aryl methyl sites for hydroxylation is 1. The predicted octanol–water partition coefficient (Wildman–Crippen LogP) is 4.67. The number of rotatable bonds is 3. The smallest absolute Gasteiger partial charge is 0.257 e. The van der Waals surface area contributed by atoms with Gasteiger partial charge >= 0.3 is 0 Å². The van der Waals surface area contributed by atoms with Crippen LogP contribution in [0.5, 0.6) is 11.5 Å². The third-order valence-electron chi connectivity index (χ3n) is 5.64. The first-order valence-electron chi connectivity index (χ1n) is 10.4. The molecule has 8 heteroatoms. The summed E-state index contributed by atoms with van der Waals surface area (Å²) in [4.78, 5) is 26.9. The van der Waals surface area contributed by atoms with E-state index < -0.39 is 0 Å². The number of ether oxygens (including phenoxy) is 2. The van der Waals surface area contributed by atoms with Crippen molar-refractivity contribution in [2.24, 2.45) is 0 Å². The zero-order valence-corrected chi connectivity index (χ0v) is 19.2. The number of carbonyl (C=O) groups is 1. The molecule has 0 spiro atoms. The van der Waals surface area contributed by atoms with Gasteiger partial charge in [0.05, 0.1) is 5.69 Å². The van der Waals surface area contributed by atoms with Gasteiger partial charge in [0.15, 0.2) is 16.9 Å². The first kappa shape index (κ1) is 21.0. The van der Waals surface area contributed by atoms with Crippen LogP contribution in [-0.4, -0.2) is 23.8 Å². The average Bonchev–Trinajstić information content (AvgIpc) is 3.15. The Labute approximate surface area is 194 Å². The van der Waals surface area contributed by atoms with Crippen molar-refractivity contribution < 1.29 is 14.3 Å². The van der Waals surface area contributed by atoms with Crippen LogP contribution in [0.15, 0.2) is 52.2 Å². The minimum atomic E-state index is -0.354. The molecule has 3 heterocycles. The van der Waals surface area contributed by atoms with Gasteiger partial charge in [-0.3, -0.25) is 9.59 Å². The third-order valence-corrected chi connectivity index (χ3v) is 7.18. The fraction of sp³-hybridized carbons (Fsp3) is 0.250. The molecule has 32 heavy (non-hydrogen) atoms. The SMILES string of the molecule is CCNC(=O)c1c2n(c(C)cc1=O)-c1ccc(Cl)cc1SC(c1ccc3c(c1)OCO3)C2. The number of aromatic nitrogens is 1. The molecular weight excluding hydrogens is 448 g/mol. The molecule has 6 nitrogen and oxygen atoms in total. The highest BCUT2D eigenvalue weighted by Gasteiger charge is 2.30. The zero-order chi connectivity index (χ0) is 22.4. The standard InChI is InChI=1S/C24H21ClN2O4S/c1-3-26-24(29)23-17-11-21(14-4-7-19-20(9-14)31-12-30-19)32-22-10-15(25)5-6-16(22)27(17)13(2)8-18(23)28/h4-10,21H,3,11-12H2,1-2H3,(H,26,29). The number of hydrogen-bond donors (Lipinski definition) is 1. The first-order chi connectivity index (χ1) is 15.5. The maximum absolute atomic E-state index is 13.0. The summed E-state index contributed by atoms with van der Waals surface area (Å²) in [6, 6.07) is 13.1. The van der Waals surface area contributed by atoms with Gasteiger partial charge in [-0.25, -0.2) is 0 Å². The molecule has 1 unspecified atom stereocenters. The highest BCUT2D eigenvalue weighted by atomic mass is 35.5. The van der Waals surface area contributed by atoms with Gasteiger partial charge in [-0.1, -0.05) is 17.7 Å². The van der Waals surface area contributed by atoms with E-state index in [0.717, 1.165) is 21.8 Å². The van der Waals surface area contributed by atoms with E-state index in [0.29, 0.717) is 35.2 Å². The molecule has 0 saturated heterocycles. The lowest BCUT2D eigenvalue weighted by atomic mass is 10.0. The number of amides is 1. The van der Waals surface area contributed by atoms with Gasteiger partial charge in [-0.15, -0.1) is 11.8 Å². The van der Waals surface area contributed by atoms with Crippen LogP contribution in [0, 0.1) is 6.92 Å². The second-order valence-electron chi connectivity index (χ2n) is 7.70. The summed E-state index contributed by atoms with van der Waals surface area (Å²) < 4.78 is 13.0. The number of carbonyl (C=O) groups excluding carboxylic acids is 1. The summed E-state index contributed by atoms with van der Waals surface area (Å²) >= 11 is 8.00. The Hall–Kier alpha value is -2.90. The lowest BCUT2D eigenvalue weighted by Gasteiger charge is -2.20. The molecule has 164 valence electrons. The van der Waals surface area contributed by atoms with Gasteiger partial charge in [-0.05, 0) is 49.7 Å². The fourth-order valence-corrected chi connectivity index (χ4v) is 5.79. The molecule has 2 aromatic carbocycles. The molecule has 0 bridgehead atoms. The van der Waals surface area contributed by atoms with Crippen molar-refractivity contribution in [3.8, 4) is 17.2 Å². The van der Waals surface area contributed by atoms with Crippen LogP contribution in [0.3, 0.4) is 0 Å². The number of pyridine rings is 1. The molecule has 3 aromatic rings. The molecule has 1 atom stereocenters. The Balaban J connectivity index is 1.74. The van der Waals surface area contributed by atoms with Crippen molar-refractivity contribution in [1.82, 2.24) is 9.88 Å². The van der Waals surface area contributed by atoms with Crippen LogP contribution >= 0.6 is 23.4 Å². The summed E-state index contributed by atoms with van der Waals surface area (Å²) in [6.45, 7) is 4.37. The quantitative estimate of drug-likeness (QED) is 0.605. The van der Waals surface area contributed by atoms with Crippen molar-refractivity contribution in [3.63, 3.8) is 0 Å². The average molecular weight is 469 g/mol. The highest BCUT2D eigenvalue weighted by molar-refractivity contribution is 7.99. The number of nitrogens with one attached hydrogen (secondary N) is 1. The Morgan fingerprint density at radius 1 is 1.19 bits per heavy atom. The van der Waals surface area contributed by atoms with Crippen molar-refractivity contribution in [2.75, 3.05) is 13.3 Å². The highest BCUT2D eigenvalue weighted by Crippen LogP contribution is 2.47. The summed E-state index contributed by atoms with van der Waals surface area (Å²) in [5.74, 6) is 1.06. The number of benzene rings is 2. The molecule has 0 aliphatic carbocycles. The van der Waals surface area contributed by atoms with E-state index >= 15 is 0 Å². The zero-order valence-electron chi connectivity index (χ0n) is 17.6. The second kappa shape index (κ2) is 8.22. The van der Waals surface area contributed by atoms with E-state index in [2.05, 4.69) is 5.32 Å². The largest absolute Gasteiger partial charge is 0.454 e. The van der Waals surface area contributed by atoms with Gasteiger partial charge < -0.3 is 19.4 Å². The van der Waals surface area contributed by atoms with Gasteiger partial charge in [0.25, 0.3) is 5.91 Å². The van der Waals surface area contributed by atoms with Crippen LogP contribution in [0.4, 0.5) is 0 Å². The molecule has 2 aliphatic heterocycles. The maximum atomic E-state index is 13.0. The van der Waals surface area contributed by atoms with E-state index in [-0.39, 0.29) is 28.9 Å². The summed E-state index contributed by atoms with van der Waals surface area (Å²) in [5, 5.41) is 3.36. The van der Waals surface area contributed by atoms with Crippen molar-refractivity contribution >= 4 is 29.3 Å². The first-order valence-corrected chi connectivity index (χ1v) is 11.6. The van der Waals surface area contributed by atoms with E-state index in [4.69, 9.17) is 21.1 Å². The molecule has 1 aromatic heterocycles. The minimum absolute atomic E-state index is 0.0650. The normalized spacial score (nSPS) is 16.2. The summed E-state index contributed by atoms with van der Waals surface area (Å²) in [6.07, 6.45) is 0.486. The van der Waals surface area contributed by atoms with Crippen molar-refractivity contribution in [2.45, 2.75) is 30.4 Å². The Morgan fingerprint density at radius 3 is 2.81 bits per heavy atom. The molecule has 1 amide bonds. The molecular formula is C24H21ClN2O4S. The molecule has 0 fully saturated rings. The number of hydrogen-bond acceptors (Lipinski definition) is 5. The third kappa shape index (κ3) is 3.55. The minimum Gasteiger partial charge on any atom is -0.454 e. The van der Waals surface area contributed by atoms with E-state index in [1.54, 1.807) is 11.8 Å². The van der Waals surface area contributed by atoms with Crippen LogP contribution in [0.1, 0.15) is 39.5 Å². The Bertz CT molecular complexity index is 1300. The molecule has 5 rings (SSSR count). The van der Waals surface area contributed by atoms with Crippen LogP contribution < -0.4 is 20.2 Å². The Morgan fingerprint density at radius 2 is 2.00 bits per heavy atom. The van der Waals surface area contributed by atoms with Crippen LogP contribution in [0.25, 0.3) is 5.69 Å². The van der Waals surface area contributed by atoms with Crippen LogP contribution in [0.2, 0.25) is 5.02 Å². The van der Waals surface area contributed by atoms with E-state index in [9.17, 15) is 9.59 Å². The Kier molecular flexibility index (Phi) is 5.39. The number of nitrogens with zero attached hydrogens (tertiary/aromatic N) is 1. The fourth-order valence-electron chi connectivity index (χ4n) is 4.25. The van der Waals surface area contributed by atoms with Crippen molar-refractivity contribution in [3.05, 3.63) is 80.2 Å². The lowest BCUT2D eigenvalue weighted by Crippen LogP contribution is -2.32. The number of fused-ring (bicyclic) bond motifs is 4. The topological polar surface area (TPSA) is 69.6 Å². The van der Waals surface area contributed by atoms with E-state index in [1.165, 1.54) is 6.07 Å². The summed E-state index contributed by atoms with van der Waals surface area (Å²) in [7, 11) is 0. The number of thioether (sulfide) groups is 1.